The zero-order chi connectivity index (χ0) is 19.8. The van der Waals surface area contributed by atoms with Crippen molar-refractivity contribution in [2.24, 2.45) is 0 Å². The zero-order valence-corrected chi connectivity index (χ0v) is 19.2. The lowest BCUT2D eigenvalue weighted by Gasteiger charge is -2.05. The first-order valence-electron chi connectivity index (χ1n) is 12.1. The van der Waals surface area contributed by atoms with Gasteiger partial charge in [0.05, 0.1) is 6.61 Å². The Morgan fingerprint density at radius 2 is 1.00 bits per heavy atom. The molecule has 162 valence electrons. The van der Waals surface area contributed by atoms with Crippen LogP contribution < -0.4 is 0 Å². The van der Waals surface area contributed by atoms with Crippen LogP contribution in [0.2, 0.25) is 0 Å². The van der Waals surface area contributed by atoms with Crippen LogP contribution in [0, 0.1) is 0 Å². The van der Waals surface area contributed by atoms with Gasteiger partial charge in [0.15, 0.2) is 0 Å². The molecule has 0 aliphatic rings. The molecule has 0 aromatic rings. The highest BCUT2D eigenvalue weighted by atomic mass is 32.1. The van der Waals surface area contributed by atoms with Crippen LogP contribution in [0.1, 0.15) is 135 Å². The van der Waals surface area contributed by atoms with E-state index in [-0.39, 0.29) is 5.97 Å². The summed E-state index contributed by atoms with van der Waals surface area (Å²) >= 11 is 4.24. The molecule has 0 aliphatic carbocycles. The van der Waals surface area contributed by atoms with Crippen molar-refractivity contribution in [3.63, 3.8) is 0 Å². The summed E-state index contributed by atoms with van der Waals surface area (Å²) in [6, 6.07) is 0. The maximum absolute atomic E-state index is 11.7. The molecule has 0 atom stereocenters. The zero-order valence-electron chi connectivity index (χ0n) is 18.3. The molecule has 0 N–H and O–H groups in total. The minimum absolute atomic E-state index is 0.0117. The summed E-state index contributed by atoms with van der Waals surface area (Å²) < 4.78 is 5.35. The fraction of sp³-hybridized carbons (Fsp3) is 0.958. The SMILES string of the molecule is CCCCCCCCCCCCOC(=O)CCCCCCCCCCCS. The highest BCUT2D eigenvalue weighted by molar-refractivity contribution is 7.80. The Balaban J connectivity index is 3.13. The molecule has 0 heterocycles. The maximum atomic E-state index is 11.7. The van der Waals surface area contributed by atoms with Gasteiger partial charge in [0.25, 0.3) is 0 Å². The third-order valence-electron chi connectivity index (χ3n) is 5.30. The van der Waals surface area contributed by atoms with E-state index in [1.165, 1.54) is 109 Å². The van der Waals surface area contributed by atoms with E-state index < -0.39 is 0 Å². The summed E-state index contributed by atoms with van der Waals surface area (Å²) in [6.07, 6.45) is 25.2. The normalized spacial score (nSPS) is 11.0. The van der Waals surface area contributed by atoms with Crippen molar-refractivity contribution in [1.29, 1.82) is 0 Å². The Labute approximate surface area is 176 Å². The van der Waals surface area contributed by atoms with Crippen molar-refractivity contribution in [3.8, 4) is 0 Å². The third kappa shape index (κ3) is 23.8. The molecule has 0 unspecified atom stereocenters. The van der Waals surface area contributed by atoms with Crippen LogP contribution in [0.4, 0.5) is 0 Å². The topological polar surface area (TPSA) is 26.3 Å². The number of hydrogen-bond acceptors (Lipinski definition) is 3. The van der Waals surface area contributed by atoms with Crippen LogP contribution in [0.3, 0.4) is 0 Å². The van der Waals surface area contributed by atoms with Gasteiger partial charge < -0.3 is 4.74 Å². The molecular weight excluding hydrogens is 352 g/mol. The number of unbranched alkanes of at least 4 members (excludes halogenated alkanes) is 17. The van der Waals surface area contributed by atoms with Crippen molar-refractivity contribution in [2.45, 2.75) is 135 Å². The lowest BCUT2D eigenvalue weighted by atomic mass is 10.1. The average Bonchev–Trinajstić information content (AvgIpc) is 2.67. The van der Waals surface area contributed by atoms with Crippen LogP contribution in [-0.2, 0) is 9.53 Å². The molecule has 0 spiro atoms. The first kappa shape index (κ1) is 26.8. The van der Waals surface area contributed by atoms with Crippen LogP contribution >= 0.6 is 12.6 Å². The Morgan fingerprint density at radius 1 is 0.593 bits per heavy atom. The second kappa shape index (κ2) is 23.9. The minimum atomic E-state index is 0.0117. The monoisotopic (exact) mass is 400 g/mol. The number of carbonyl (C=O) groups excluding carboxylic acids is 1. The van der Waals surface area contributed by atoms with Gasteiger partial charge >= 0.3 is 5.97 Å². The molecule has 0 amide bonds. The lowest BCUT2D eigenvalue weighted by molar-refractivity contribution is -0.143. The fourth-order valence-corrected chi connectivity index (χ4v) is 3.69. The van der Waals surface area contributed by atoms with E-state index >= 15 is 0 Å². The van der Waals surface area contributed by atoms with Crippen LogP contribution in [0.25, 0.3) is 0 Å². The quantitative estimate of drug-likeness (QED) is 0.112. The first-order valence-corrected chi connectivity index (χ1v) is 12.7. The molecule has 2 nitrogen and oxygen atoms in total. The predicted octanol–water partition coefficient (Wildman–Crippen LogP) is 8.28. The molecule has 27 heavy (non-hydrogen) atoms. The van der Waals surface area contributed by atoms with Gasteiger partial charge in [0.2, 0.25) is 0 Å². The van der Waals surface area contributed by atoms with E-state index in [0.717, 1.165) is 18.6 Å². The highest BCUT2D eigenvalue weighted by Crippen LogP contribution is 2.12. The van der Waals surface area contributed by atoms with Gasteiger partial charge in [-0.3, -0.25) is 4.79 Å². The highest BCUT2D eigenvalue weighted by Gasteiger charge is 2.02. The lowest BCUT2D eigenvalue weighted by Crippen LogP contribution is -2.05. The van der Waals surface area contributed by atoms with Crippen molar-refractivity contribution in [1.82, 2.24) is 0 Å². The van der Waals surface area contributed by atoms with Crippen molar-refractivity contribution >= 4 is 18.6 Å². The summed E-state index contributed by atoms with van der Waals surface area (Å²) in [5.41, 5.74) is 0. The van der Waals surface area contributed by atoms with Crippen molar-refractivity contribution < 1.29 is 9.53 Å². The second-order valence-electron chi connectivity index (χ2n) is 8.06. The Kier molecular flexibility index (Phi) is 23.7. The maximum Gasteiger partial charge on any atom is 0.305 e. The van der Waals surface area contributed by atoms with E-state index in [0.29, 0.717) is 13.0 Å². The average molecular weight is 401 g/mol. The number of esters is 1. The third-order valence-corrected chi connectivity index (χ3v) is 5.62. The Morgan fingerprint density at radius 3 is 1.48 bits per heavy atom. The number of thiol groups is 1. The van der Waals surface area contributed by atoms with E-state index in [1.54, 1.807) is 0 Å². The minimum Gasteiger partial charge on any atom is -0.466 e. The van der Waals surface area contributed by atoms with E-state index in [1.807, 2.05) is 0 Å². The van der Waals surface area contributed by atoms with Crippen LogP contribution in [0.15, 0.2) is 0 Å². The van der Waals surface area contributed by atoms with Gasteiger partial charge in [-0.1, -0.05) is 110 Å². The summed E-state index contributed by atoms with van der Waals surface area (Å²) in [4.78, 5) is 11.7. The summed E-state index contributed by atoms with van der Waals surface area (Å²) in [5, 5.41) is 0. The second-order valence-corrected chi connectivity index (χ2v) is 8.51. The standard InChI is InChI=1S/C24H48O2S/c1-2-3-4-5-6-7-10-13-16-19-22-26-24(25)21-18-15-12-9-8-11-14-17-20-23-27/h27H,2-23H2,1H3. The van der Waals surface area contributed by atoms with Crippen LogP contribution in [0.5, 0.6) is 0 Å². The van der Waals surface area contributed by atoms with Crippen molar-refractivity contribution in [3.05, 3.63) is 0 Å². The van der Waals surface area contributed by atoms with Gasteiger partial charge in [0, 0.05) is 6.42 Å². The molecule has 3 heteroatoms. The molecule has 0 fully saturated rings. The molecule has 0 bridgehead atoms. The Hall–Kier alpha value is -0.180. The number of ether oxygens (including phenoxy) is 1. The van der Waals surface area contributed by atoms with Gasteiger partial charge in [-0.2, -0.15) is 12.6 Å². The van der Waals surface area contributed by atoms with Gasteiger partial charge in [-0.25, -0.2) is 0 Å². The number of rotatable bonds is 22. The van der Waals surface area contributed by atoms with Gasteiger partial charge in [0.1, 0.15) is 0 Å². The molecule has 0 saturated heterocycles. The fourth-order valence-electron chi connectivity index (χ4n) is 3.47. The Bertz CT molecular complexity index is 294. The molecule has 0 aliphatic heterocycles. The molecule has 0 radical (unpaired) electrons. The van der Waals surface area contributed by atoms with E-state index in [4.69, 9.17) is 4.74 Å². The molecule has 0 saturated carbocycles. The predicted molar refractivity (Wildman–Crippen MR) is 123 cm³/mol. The van der Waals surface area contributed by atoms with E-state index in [2.05, 4.69) is 19.6 Å². The number of hydrogen-bond donors (Lipinski definition) is 1. The largest absolute Gasteiger partial charge is 0.466 e. The number of carbonyl (C=O) groups is 1. The molecule has 0 aromatic carbocycles. The van der Waals surface area contributed by atoms with Gasteiger partial charge in [-0.15, -0.1) is 0 Å². The smallest absolute Gasteiger partial charge is 0.305 e. The van der Waals surface area contributed by atoms with Crippen molar-refractivity contribution in [2.75, 3.05) is 12.4 Å². The molecular formula is C24H48O2S. The molecule has 0 rings (SSSR count). The summed E-state index contributed by atoms with van der Waals surface area (Å²) in [7, 11) is 0. The van der Waals surface area contributed by atoms with Crippen LogP contribution in [-0.4, -0.2) is 18.3 Å². The summed E-state index contributed by atoms with van der Waals surface area (Å²) in [6.45, 7) is 2.89. The summed E-state index contributed by atoms with van der Waals surface area (Å²) in [5.74, 6) is 1.03. The van der Waals surface area contributed by atoms with E-state index in [9.17, 15) is 4.79 Å². The van der Waals surface area contributed by atoms with Gasteiger partial charge in [-0.05, 0) is 25.0 Å². The first-order chi connectivity index (χ1) is 13.3. The molecule has 0 aromatic heterocycles.